The summed E-state index contributed by atoms with van der Waals surface area (Å²) in [5.74, 6) is -0.692. The fourth-order valence-electron chi connectivity index (χ4n) is 2.84. The highest BCUT2D eigenvalue weighted by molar-refractivity contribution is 5.92. The minimum atomic E-state index is -0.344. The van der Waals surface area contributed by atoms with Gasteiger partial charge < -0.3 is 5.32 Å². The highest BCUT2D eigenvalue weighted by atomic mass is 19.1. The number of nitrogens with zero attached hydrogens (tertiary/aromatic N) is 2. The molecule has 0 fully saturated rings. The summed E-state index contributed by atoms with van der Waals surface area (Å²) in [5.41, 5.74) is 2.02. The Bertz CT molecular complexity index is 949. The van der Waals surface area contributed by atoms with E-state index in [1.165, 1.54) is 10.7 Å². The SMILES string of the molecule is Cc1nn(C(=O)CCCC(=O)NCc2ccccc2F)c2ccccc12. The summed E-state index contributed by atoms with van der Waals surface area (Å²) in [5, 5.41) is 7.92. The molecule has 0 spiro atoms. The monoisotopic (exact) mass is 353 g/mol. The number of hydrogen-bond donors (Lipinski definition) is 1. The molecular weight excluding hydrogens is 333 g/mol. The van der Waals surface area contributed by atoms with Crippen LogP contribution >= 0.6 is 0 Å². The van der Waals surface area contributed by atoms with Crippen molar-refractivity contribution in [3.63, 3.8) is 0 Å². The van der Waals surface area contributed by atoms with E-state index in [2.05, 4.69) is 10.4 Å². The van der Waals surface area contributed by atoms with Gasteiger partial charge in [0.05, 0.1) is 11.2 Å². The molecule has 2 aromatic carbocycles. The minimum Gasteiger partial charge on any atom is -0.352 e. The van der Waals surface area contributed by atoms with Crippen molar-refractivity contribution in [1.29, 1.82) is 0 Å². The van der Waals surface area contributed by atoms with E-state index in [9.17, 15) is 14.0 Å². The van der Waals surface area contributed by atoms with Crippen LogP contribution in [0, 0.1) is 12.7 Å². The molecular formula is C20H20FN3O2. The Labute approximate surface area is 150 Å². The number of fused-ring (bicyclic) bond motifs is 1. The van der Waals surface area contributed by atoms with Gasteiger partial charge in [0.25, 0.3) is 0 Å². The molecule has 0 saturated heterocycles. The smallest absolute Gasteiger partial charge is 0.247 e. The number of benzene rings is 2. The second-order valence-electron chi connectivity index (χ2n) is 6.13. The van der Waals surface area contributed by atoms with E-state index in [-0.39, 0.29) is 37.0 Å². The number of aryl methyl sites for hydroxylation is 1. The third-order valence-corrected chi connectivity index (χ3v) is 4.24. The molecule has 0 atom stereocenters. The van der Waals surface area contributed by atoms with Crippen LogP contribution in [0.15, 0.2) is 48.5 Å². The highest BCUT2D eigenvalue weighted by Crippen LogP contribution is 2.18. The Morgan fingerprint density at radius 1 is 1.08 bits per heavy atom. The van der Waals surface area contributed by atoms with Crippen LogP contribution < -0.4 is 5.32 Å². The fourth-order valence-corrected chi connectivity index (χ4v) is 2.84. The summed E-state index contributed by atoms with van der Waals surface area (Å²) in [4.78, 5) is 24.3. The van der Waals surface area contributed by atoms with Gasteiger partial charge in [-0.05, 0) is 25.5 Å². The van der Waals surface area contributed by atoms with Gasteiger partial charge in [0, 0.05) is 30.3 Å². The molecule has 6 heteroatoms. The molecule has 1 N–H and O–H groups in total. The molecule has 0 unspecified atom stereocenters. The van der Waals surface area contributed by atoms with Crippen LogP contribution in [-0.2, 0) is 11.3 Å². The lowest BCUT2D eigenvalue weighted by Crippen LogP contribution is -2.23. The average Bonchev–Trinajstić information content (AvgIpc) is 2.98. The van der Waals surface area contributed by atoms with E-state index in [1.807, 2.05) is 31.2 Å². The molecule has 5 nitrogen and oxygen atoms in total. The first kappa shape index (κ1) is 17.8. The van der Waals surface area contributed by atoms with Crippen molar-refractivity contribution in [2.45, 2.75) is 32.7 Å². The number of carbonyl (C=O) groups is 2. The summed E-state index contributed by atoms with van der Waals surface area (Å²) >= 11 is 0. The first-order chi connectivity index (χ1) is 12.6. The van der Waals surface area contributed by atoms with Crippen LogP contribution in [0.5, 0.6) is 0 Å². The maximum atomic E-state index is 13.5. The number of para-hydroxylation sites is 1. The summed E-state index contributed by atoms with van der Waals surface area (Å²) in [7, 11) is 0. The quantitative estimate of drug-likeness (QED) is 0.736. The second-order valence-corrected chi connectivity index (χ2v) is 6.13. The van der Waals surface area contributed by atoms with Crippen molar-refractivity contribution in [3.8, 4) is 0 Å². The fraction of sp³-hybridized carbons (Fsp3) is 0.250. The maximum Gasteiger partial charge on any atom is 0.247 e. The molecule has 134 valence electrons. The zero-order chi connectivity index (χ0) is 18.5. The lowest BCUT2D eigenvalue weighted by atomic mass is 10.2. The number of nitrogens with one attached hydrogen (secondary N) is 1. The molecule has 0 aliphatic heterocycles. The zero-order valence-corrected chi connectivity index (χ0v) is 14.5. The van der Waals surface area contributed by atoms with Gasteiger partial charge in [-0.15, -0.1) is 0 Å². The van der Waals surface area contributed by atoms with Gasteiger partial charge in [-0.3, -0.25) is 9.59 Å². The van der Waals surface area contributed by atoms with E-state index >= 15 is 0 Å². The molecule has 3 rings (SSSR count). The van der Waals surface area contributed by atoms with Gasteiger partial charge in [0.15, 0.2) is 0 Å². The predicted octanol–water partition coefficient (Wildman–Crippen LogP) is 3.61. The summed E-state index contributed by atoms with van der Waals surface area (Å²) < 4.78 is 14.9. The maximum absolute atomic E-state index is 13.5. The molecule has 3 aromatic rings. The zero-order valence-electron chi connectivity index (χ0n) is 14.5. The largest absolute Gasteiger partial charge is 0.352 e. The van der Waals surface area contributed by atoms with Crippen molar-refractivity contribution in [2.24, 2.45) is 0 Å². The number of aromatic nitrogens is 2. The number of carbonyl (C=O) groups excluding carboxylic acids is 2. The molecule has 0 saturated carbocycles. The highest BCUT2D eigenvalue weighted by Gasteiger charge is 2.13. The van der Waals surface area contributed by atoms with Crippen LogP contribution in [-0.4, -0.2) is 21.6 Å². The van der Waals surface area contributed by atoms with E-state index in [0.29, 0.717) is 12.0 Å². The Morgan fingerprint density at radius 2 is 1.81 bits per heavy atom. The van der Waals surface area contributed by atoms with Crippen LogP contribution in [0.25, 0.3) is 10.9 Å². The van der Waals surface area contributed by atoms with Gasteiger partial charge in [-0.1, -0.05) is 36.4 Å². The van der Waals surface area contributed by atoms with E-state index in [4.69, 9.17) is 0 Å². The number of hydrogen-bond acceptors (Lipinski definition) is 3. The van der Waals surface area contributed by atoms with E-state index in [1.54, 1.807) is 18.2 Å². The molecule has 0 aliphatic rings. The first-order valence-corrected chi connectivity index (χ1v) is 8.54. The van der Waals surface area contributed by atoms with Crippen molar-refractivity contribution in [3.05, 3.63) is 65.6 Å². The van der Waals surface area contributed by atoms with Gasteiger partial charge in [-0.2, -0.15) is 9.78 Å². The van der Waals surface area contributed by atoms with E-state index in [0.717, 1.165) is 16.6 Å². The Kier molecular flexibility index (Phi) is 5.41. The van der Waals surface area contributed by atoms with E-state index < -0.39 is 0 Å². The number of rotatable bonds is 6. The third-order valence-electron chi connectivity index (χ3n) is 4.24. The third kappa shape index (κ3) is 3.96. The van der Waals surface area contributed by atoms with Gasteiger partial charge in [-0.25, -0.2) is 4.39 Å². The molecule has 1 heterocycles. The molecule has 26 heavy (non-hydrogen) atoms. The topological polar surface area (TPSA) is 64.0 Å². The predicted molar refractivity (Wildman–Crippen MR) is 97.2 cm³/mol. The summed E-state index contributed by atoms with van der Waals surface area (Å²) in [6.07, 6.45) is 0.839. The van der Waals surface area contributed by atoms with Gasteiger partial charge in [0.1, 0.15) is 5.82 Å². The first-order valence-electron chi connectivity index (χ1n) is 8.54. The molecule has 0 bridgehead atoms. The average molecular weight is 353 g/mol. The molecule has 1 amide bonds. The van der Waals surface area contributed by atoms with Crippen molar-refractivity contribution < 1.29 is 14.0 Å². The Balaban J connectivity index is 1.50. The number of amides is 1. The van der Waals surface area contributed by atoms with Gasteiger partial charge >= 0.3 is 0 Å². The van der Waals surface area contributed by atoms with Crippen molar-refractivity contribution in [2.75, 3.05) is 0 Å². The number of halogens is 1. The Morgan fingerprint density at radius 3 is 2.62 bits per heavy atom. The summed E-state index contributed by atoms with van der Waals surface area (Å²) in [6, 6.07) is 13.9. The normalized spacial score (nSPS) is 10.8. The van der Waals surface area contributed by atoms with Crippen LogP contribution in [0.4, 0.5) is 4.39 Å². The second kappa shape index (κ2) is 7.91. The molecule has 0 aliphatic carbocycles. The minimum absolute atomic E-state index is 0.141. The molecule has 1 aromatic heterocycles. The standard InChI is InChI=1S/C20H20FN3O2/c1-14-16-8-3-5-10-18(16)24(23-14)20(26)12-6-11-19(25)22-13-15-7-2-4-9-17(15)21/h2-5,7-10H,6,11-13H2,1H3,(H,22,25). The summed E-state index contributed by atoms with van der Waals surface area (Å²) in [6.45, 7) is 2.00. The van der Waals surface area contributed by atoms with Crippen LogP contribution in [0.3, 0.4) is 0 Å². The van der Waals surface area contributed by atoms with Crippen molar-refractivity contribution in [1.82, 2.24) is 15.1 Å². The molecule has 0 radical (unpaired) electrons. The Hall–Kier alpha value is -3.02. The lowest BCUT2D eigenvalue weighted by molar-refractivity contribution is -0.121. The lowest BCUT2D eigenvalue weighted by Gasteiger charge is -2.06. The van der Waals surface area contributed by atoms with Crippen LogP contribution in [0.2, 0.25) is 0 Å². The van der Waals surface area contributed by atoms with Gasteiger partial charge in [0.2, 0.25) is 11.8 Å². The van der Waals surface area contributed by atoms with Crippen molar-refractivity contribution >= 4 is 22.7 Å². The van der Waals surface area contributed by atoms with Crippen LogP contribution in [0.1, 0.15) is 35.3 Å².